The number of nitrogens with zero attached hydrogens (tertiary/aromatic N) is 1. The molecule has 0 aliphatic carbocycles. The Morgan fingerprint density at radius 2 is 2.28 bits per heavy atom. The summed E-state index contributed by atoms with van der Waals surface area (Å²) in [6.45, 7) is 0.705. The predicted molar refractivity (Wildman–Crippen MR) is 72.5 cm³/mol. The Hall–Kier alpha value is -1.85. The Bertz CT molecular complexity index is 531. The van der Waals surface area contributed by atoms with E-state index in [0.29, 0.717) is 18.8 Å². The first-order valence-electron chi connectivity index (χ1n) is 5.76. The van der Waals surface area contributed by atoms with Crippen molar-refractivity contribution >= 4 is 22.3 Å². The van der Waals surface area contributed by atoms with Crippen molar-refractivity contribution in [2.24, 2.45) is 0 Å². The number of aliphatic hydroxyl groups excluding tert-OH is 1. The van der Waals surface area contributed by atoms with E-state index in [0.717, 1.165) is 16.6 Å². The fourth-order valence-electron chi connectivity index (χ4n) is 1.82. The van der Waals surface area contributed by atoms with Crippen LogP contribution in [0, 0.1) is 0 Å². The largest absolute Gasteiger partial charge is 0.398 e. The van der Waals surface area contributed by atoms with Crippen LogP contribution < -0.4 is 11.1 Å². The van der Waals surface area contributed by atoms with Gasteiger partial charge < -0.3 is 20.9 Å². The molecule has 5 nitrogen and oxygen atoms in total. The zero-order valence-electron chi connectivity index (χ0n) is 10.3. The van der Waals surface area contributed by atoms with Gasteiger partial charge in [0.15, 0.2) is 0 Å². The van der Waals surface area contributed by atoms with Crippen molar-refractivity contribution in [3.05, 3.63) is 30.5 Å². The number of benzene rings is 1. The van der Waals surface area contributed by atoms with E-state index in [1.54, 1.807) is 13.3 Å². The van der Waals surface area contributed by atoms with Gasteiger partial charge in [0.25, 0.3) is 0 Å². The van der Waals surface area contributed by atoms with Crippen LogP contribution in [0.2, 0.25) is 0 Å². The number of fused-ring (bicyclic) bond motifs is 1. The van der Waals surface area contributed by atoms with Gasteiger partial charge in [-0.2, -0.15) is 0 Å². The van der Waals surface area contributed by atoms with Crippen LogP contribution in [-0.2, 0) is 4.74 Å². The van der Waals surface area contributed by atoms with E-state index in [-0.39, 0.29) is 0 Å². The van der Waals surface area contributed by atoms with Gasteiger partial charge in [-0.3, -0.25) is 4.98 Å². The maximum absolute atomic E-state index is 9.60. The summed E-state index contributed by atoms with van der Waals surface area (Å²) < 4.78 is 4.87. The fourth-order valence-corrected chi connectivity index (χ4v) is 1.82. The number of methoxy groups -OCH3 is 1. The zero-order chi connectivity index (χ0) is 13.0. The predicted octanol–water partition coefficient (Wildman–Crippen LogP) is 1.24. The van der Waals surface area contributed by atoms with Crippen molar-refractivity contribution in [3.63, 3.8) is 0 Å². The molecular formula is C13H17N3O2. The lowest BCUT2D eigenvalue weighted by atomic mass is 10.1. The number of ether oxygens (including phenoxy) is 1. The average molecular weight is 247 g/mol. The van der Waals surface area contributed by atoms with E-state index in [4.69, 9.17) is 10.5 Å². The molecule has 1 aromatic heterocycles. The van der Waals surface area contributed by atoms with E-state index in [1.807, 2.05) is 24.3 Å². The van der Waals surface area contributed by atoms with Crippen LogP contribution in [0.5, 0.6) is 0 Å². The summed E-state index contributed by atoms with van der Waals surface area (Å²) in [6.07, 6.45) is 1.17. The Balaban J connectivity index is 2.21. The third-order valence-electron chi connectivity index (χ3n) is 2.69. The van der Waals surface area contributed by atoms with E-state index >= 15 is 0 Å². The first-order chi connectivity index (χ1) is 8.72. The molecule has 0 saturated heterocycles. The fraction of sp³-hybridized carbons (Fsp3) is 0.308. The zero-order valence-corrected chi connectivity index (χ0v) is 10.3. The first-order valence-corrected chi connectivity index (χ1v) is 5.76. The Morgan fingerprint density at radius 1 is 1.44 bits per heavy atom. The van der Waals surface area contributed by atoms with Crippen LogP contribution in [-0.4, -0.2) is 36.5 Å². The first kappa shape index (κ1) is 12.6. The number of pyridine rings is 1. The molecule has 0 fully saturated rings. The molecule has 96 valence electrons. The highest BCUT2D eigenvalue weighted by atomic mass is 16.5. The van der Waals surface area contributed by atoms with Crippen LogP contribution in [0.15, 0.2) is 30.5 Å². The summed E-state index contributed by atoms with van der Waals surface area (Å²) in [7, 11) is 1.56. The summed E-state index contributed by atoms with van der Waals surface area (Å²) >= 11 is 0. The van der Waals surface area contributed by atoms with Crippen molar-refractivity contribution in [1.29, 1.82) is 0 Å². The molecule has 1 atom stereocenters. The number of anilines is 2. The summed E-state index contributed by atoms with van der Waals surface area (Å²) in [6, 6.07) is 7.47. The van der Waals surface area contributed by atoms with E-state index in [1.165, 1.54) is 0 Å². The van der Waals surface area contributed by atoms with Crippen molar-refractivity contribution in [1.82, 2.24) is 4.98 Å². The standard InChI is InChI=1S/C13H17N3O2/c1-18-8-9(17)7-16-12-5-4-11(14)10-3-2-6-15-13(10)12/h2-6,9,16-17H,7-8,14H2,1H3. The minimum Gasteiger partial charge on any atom is -0.398 e. The Morgan fingerprint density at radius 3 is 3.06 bits per heavy atom. The van der Waals surface area contributed by atoms with Gasteiger partial charge >= 0.3 is 0 Å². The number of nitrogens with one attached hydrogen (secondary N) is 1. The number of rotatable bonds is 5. The highest BCUT2D eigenvalue weighted by Gasteiger charge is 2.07. The monoisotopic (exact) mass is 247 g/mol. The molecule has 2 rings (SSSR count). The average Bonchev–Trinajstić information content (AvgIpc) is 2.39. The smallest absolute Gasteiger partial charge is 0.0953 e. The van der Waals surface area contributed by atoms with E-state index < -0.39 is 6.10 Å². The molecule has 1 unspecified atom stereocenters. The number of nitrogens with two attached hydrogens (primary N) is 1. The maximum atomic E-state index is 9.60. The van der Waals surface area contributed by atoms with Crippen LogP contribution >= 0.6 is 0 Å². The molecule has 18 heavy (non-hydrogen) atoms. The molecule has 5 heteroatoms. The van der Waals surface area contributed by atoms with Gasteiger partial charge in [-0.1, -0.05) is 0 Å². The molecule has 0 amide bonds. The molecule has 2 aromatic rings. The Labute approximate surface area is 106 Å². The van der Waals surface area contributed by atoms with Crippen molar-refractivity contribution in [3.8, 4) is 0 Å². The number of aliphatic hydroxyl groups is 1. The van der Waals surface area contributed by atoms with Crippen molar-refractivity contribution in [2.75, 3.05) is 31.3 Å². The van der Waals surface area contributed by atoms with Crippen molar-refractivity contribution < 1.29 is 9.84 Å². The van der Waals surface area contributed by atoms with E-state index in [2.05, 4.69) is 10.3 Å². The number of hydrogen-bond acceptors (Lipinski definition) is 5. The molecule has 0 radical (unpaired) electrons. The Kier molecular flexibility index (Phi) is 3.96. The topological polar surface area (TPSA) is 80.4 Å². The highest BCUT2D eigenvalue weighted by molar-refractivity contribution is 5.98. The van der Waals surface area contributed by atoms with Gasteiger partial charge in [0.05, 0.1) is 23.9 Å². The van der Waals surface area contributed by atoms with Gasteiger partial charge in [-0.05, 0) is 24.3 Å². The SMILES string of the molecule is COCC(O)CNc1ccc(N)c2cccnc12. The van der Waals surface area contributed by atoms with Gasteiger partial charge in [-0.25, -0.2) is 0 Å². The van der Waals surface area contributed by atoms with E-state index in [9.17, 15) is 5.11 Å². The molecule has 0 bridgehead atoms. The van der Waals surface area contributed by atoms with Crippen LogP contribution in [0.3, 0.4) is 0 Å². The molecule has 0 aliphatic rings. The summed E-state index contributed by atoms with van der Waals surface area (Å²) in [5.74, 6) is 0. The molecule has 1 aromatic carbocycles. The second-order valence-corrected chi connectivity index (χ2v) is 4.09. The van der Waals surface area contributed by atoms with Gasteiger partial charge in [0.1, 0.15) is 0 Å². The number of nitrogen functional groups attached to an aromatic ring is 1. The molecule has 0 aliphatic heterocycles. The summed E-state index contributed by atoms with van der Waals surface area (Å²) in [5.41, 5.74) is 8.25. The maximum Gasteiger partial charge on any atom is 0.0953 e. The molecule has 0 saturated carbocycles. The minimum absolute atomic E-state index is 0.299. The van der Waals surface area contributed by atoms with Crippen molar-refractivity contribution in [2.45, 2.75) is 6.10 Å². The lowest BCUT2D eigenvalue weighted by Crippen LogP contribution is -2.24. The molecule has 4 N–H and O–H groups in total. The van der Waals surface area contributed by atoms with Gasteiger partial charge in [0, 0.05) is 30.9 Å². The van der Waals surface area contributed by atoms with Gasteiger partial charge in [-0.15, -0.1) is 0 Å². The third-order valence-corrected chi connectivity index (χ3v) is 2.69. The van der Waals surface area contributed by atoms with Crippen LogP contribution in [0.25, 0.3) is 10.9 Å². The second kappa shape index (κ2) is 5.66. The van der Waals surface area contributed by atoms with Crippen LogP contribution in [0.4, 0.5) is 11.4 Å². The van der Waals surface area contributed by atoms with Crippen LogP contribution in [0.1, 0.15) is 0 Å². The second-order valence-electron chi connectivity index (χ2n) is 4.09. The quantitative estimate of drug-likeness (QED) is 0.693. The number of hydrogen-bond donors (Lipinski definition) is 3. The summed E-state index contributed by atoms with van der Waals surface area (Å²) in [4.78, 5) is 4.31. The van der Waals surface area contributed by atoms with Gasteiger partial charge in [0.2, 0.25) is 0 Å². The third kappa shape index (κ3) is 2.69. The lowest BCUT2D eigenvalue weighted by molar-refractivity contribution is 0.0728. The minimum atomic E-state index is -0.550. The molecule has 0 spiro atoms. The highest BCUT2D eigenvalue weighted by Crippen LogP contribution is 2.26. The lowest BCUT2D eigenvalue weighted by Gasteiger charge is -2.13. The number of aromatic nitrogens is 1. The molecule has 1 heterocycles. The summed E-state index contributed by atoms with van der Waals surface area (Å²) in [5, 5.41) is 13.7. The molecular weight excluding hydrogens is 230 g/mol. The normalized spacial score (nSPS) is 12.6.